The van der Waals surface area contributed by atoms with Crippen molar-refractivity contribution in [3.05, 3.63) is 47.4 Å². The molecular formula is C24H30N2O5. The van der Waals surface area contributed by atoms with Gasteiger partial charge in [-0.2, -0.15) is 0 Å². The van der Waals surface area contributed by atoms with Gasteiger partial charge in [-0.25, -0.2) is 0 Å². The Morgan fingerprint density at radius 1 is 1.06 bits per heavy atom. The van der Waals surface area contributed by atoms with Crippen LogP contribution in [0.25, 0.3) is 0 Å². The lowest BCUT2D eigenvalue weighted by Gasteiger charge is -2.40. The summed E-state index contributed by atoms with van der Waals surface area (Å²) in [5.41, 5.74) is 0.662. The number of aryl methyl sites for hydroxylation is 1. The molecule has 166 valence electrons. The zero-order valence-corrected chi connectivity index (χ0v) is 17.8. The Kier molecular flexibility index (Phi) is 6.20. The maximum atomic E-state index is 13.5. The third-order valence-corrected chi connectivity index (χ3v) is 6.46. The maximum absolute atomic E-state index is 13.5. The molecule has 4 rings (SSSR count). The second kappa shape index (κ2) is 9.04. The van der Waals surface area contributed by atoms with Gasteiger partial charge in [0.1, 0.15) is 23.6 Å². The highest BCUT2D eigenvalue weighted by Gasteiger charge is 2.41. The average molecular weight is 427 g/mol. The number of phenols is 2. The van der Waals surface area contributed by atoms with E-state index in [0.717, 1.165) is 18.6 Å². The standard InChI is InChI=1S/C24H30N2O5/c1-15-7-9-18(31-15)14-26-20(12-17-8-10-21(27)22(28)13-17)23(29)25-19(24(26)30)11-16-5-3-2-4-6-16/h7-10,13,16,19-20,27-28H,2-6,11-12,14H2,1H3,(H,25,29). The van der Waals surface area contributed by atoms with Crippen molar-refractivity contribution >= 4 is 11.8 Å². The second-order valence-corrected chi connectivity index (χ2v) is 8.82. The minimum atomic E-state index is -0.718. The largest absolute Gasteiger partial charge is 0.504 e. The number of furan rings is 1. The van der Waals surface area contributed by atoms with E-state index in [1.54, 1.807) is 11.0 Å². The number of hydrogen-bond donors (Lipinski definition) is 3. The minimum Gasteiger partial charge on any atom is -0.504 e. The lowest BCUT2D eigenvalue weighted by atomic mass is 9.83. The van der Waals surface area contributed by atoms with Gasteiger partial charge in [-0.05, 0) is 49.1 Å². The molecule has 1 aromatic carbocycles. The van der Waals surface area contributed by atoms with Crippen LogP contribution >= 0.6 is 0 Å². The number of benzene rings is 1. The van der Waals surface area contributed by atoms with E-state index < -0.39 is 12.1 Å². The molecule has 2 fully saturated rings. The van der Waals surface area contributed by atoms with Gasteiger partial charge in [0, 0.05) is 6.42 Å². The molecule has 1 saturated carbocycles. The van der Waals surface area contributed by atoms with Crippen LogP contribution < -0.4 is 5.32 Å². The predicted molar refractivity (Wildman–Crippen MR) is 114 cm³/mol. The van der Waals surface area contributed by atoms with Crippen LogP contribution in [-0.2, 0) is 22.6 Å². The van der Waals surface area contributed by atoms with E-state index in [4.69, 9.17) is 4.42 Å². The molecular weight excluding hydrogens is 396 g/mol. The topological polar surface area (TPSA) is 103 Å². The zero-order valence-electron chi connectivity index (χ0n) is 17.8. The van der Waals surface area contributed by atoms with Gasteiger partial charge < -0.3 is 24.8 Å². The van der Waals surface area contributed by atoms with E-state index in [1.807, 2.05) is 19.1 Å². The van der Waals surface area contributed by atoms with E-state index in [2.05, 4.69) is 5.32 Å². The summed E-state index contributed by atoms with van der Waals surface area (Å²) in [6.45, 7) is 2.06. The molecule has 2 aliphatic rings. The van der Waals surface area contributed by atoms with Crippen molar-refractivity contribution < 1.29 is 24.2 Å². The molecule has 2 atom stereocenters. The summed E-state index contributed by atoms with van der Waals surface area (Å²) in [5, 5.41) is 22.4. The van der Waals surface area contributed by atoms with Crippen LogP contribution in [0.4, 0.5) is 0 Å². The quantitative estimate of drug-likeness (QED) is 0.614. The minimum absolute atomic E-state index is 0.0905. The summed E-state index contributed by atoms with van der Waals surface area (Å²) >= 11 is 0. The molecule has 1 aliphatic carbocycles. The van der Waals surface area contributed by atoms with E-state index in [0.29, 0.717) is 23.7 Å². The molecule has 2 unspecified atom stereocenters. The zero-order chi connectivity index (χ0) is 22.0. The number of nitrogens with zero attached hydrogens (tertiary/aromatic N) is 1. The molecule has 0 bridgehead atoms. The van der Waals surface area contributed by atoms with Crippen molar-refractivity contribution in [1.29, 1.82) is 0 Å². The summed E-state index contributed by atoms with van der Waals surface area (Å²) in [7, 11) is 0. The lowest BCUT2D eigenvalue weighted by Crippen LogP contribution is -2.63. The lowest BCUT2D eigenvalue weighted by molar-refractivity contribution is -0.150. The Morgan fingerprint density at radius 3 is 2.52 bits per heavy atom. The van der Waals surface area contributed by atoms with E-state index in [-0.39, 0.29) is 36.3 Å². The van der Waals surface area contributed by atoms with E-state index >= 15 is 0 Å². The molecule has 31 heavy (non-hydrogen) atoms. The van der Waals surface area contributed by atoms with Crippen molar-refractivity contribution in [2.75, 3.05) is 0 Å². The molecule has 7 heteroatoms. The molecule has 2 amide bonds. The van der Waals surface area contributed by atoms with Crippen LogP contribution in [0, 0.1) is 12.8 Å². The fraction of sp³-hybridized carbons (Fsp3) is 0.500. The normalized spacial score (nSPS) is 22.5. The van der Waals surface area contributed by atoms with Gasteiger partial charge in [0.2, 0.25) is 11.8 Å². The van der Waals surface area contributed by atoms with E-state index in [1.165, 1.54) is 31.4 Å². The molecule has 1 saturated heterocycles. The molecule has 3 N–H and O–H groups in total. The molecule has 2 heterocycles. The Morgan fingerprint density at radius 2 is 1.84 bits per heavy atom. The Hall–Kier alpha value is -2.96. The molecule has 7 nitrogen and oxygen atoms in total. The number of amides is 2. The molecule has 2 aromatic rings. The van der Waals surface area contributed by atoms with Crippen LogP contribution in [0.2, 0.25) is 0 Å². The number of phenolic OH excluding ortho intramolecular Hbond substituents is 2. The highest BCUT2D eigenvalue weighted by Crippen LogP contribution is 2.31. The van der Waals surface area contributed by atoms with Gasteiger partial charge in [0.25, 0.3) is 0 Å². The number of nitrogens with one attached hydrogen (secondary N) is 1. The Balaban J connectivity index is 1.56. The van der Waals surface area contributed by atoms with Crippen molar-refractivity contribution in [3.8, 4) is 11.5 Å². The predicted octanol–water partition coefficient (Wildman–Crippen LogP) is 3.41. The third-order valence-electron chi connectivity index (χ3n) is 6.46. The van der Waals surface area contributed by atoms with Gasteiger partial charge in [-0.3, -0.25) is 9.59 Å². The fourth-order valence-corrected chi connectivity index (χ4v) is 4.79. The van der Waals surface area contributed by atoms with Gasteiger partial charge in [0.05, 0.1) is 6.54 Å². The van der Waals surface area contributed by atoms with E-state index in [9.17, 15) is 19.8 Å². The first kappa shape index (κ1) is 21.3. The maximum Gasteiger partial charge on any atom is 0.246 e. The molecule has 0 radical (unpaired) electrons. The SMILES string of the molecule is Cc1ccc(CN2C(=O)C(CC3CCCCC3)NC(=O)C2Cc2ccc(O)c(O)c2)o1. The van der Waals surface area contributed by atoms with Crippen LogP contribution in [0.5, 0.6) is 11.5 Å². The highest BCUT2D eigenvalue weighted by molar-refractivity contribution is 5.97. The molecule has 0 spiro atoms. The van der Waals surface area contributed by atoms with Crippen molar-refractivity contribution in [3.63, 3.8) is 0 Å². The van der Waals surface area contributed by atoms with Crippen molar-refractivity contribution in [2.24, 2.45) is 5.92 Å². The highest BCUT2D eigenvalue weighted by atomic mass is 16.3. The van der Waals surface area contributed by atoms with Crippen molar-refractivity contribution in [2.45, 2.75) is 70.5 Å². The summed E-state index contributed by atoms with van der Waals surface area (Å²) in [5.74, 6) is 1.09. The van der Waals surface area contributed by atoms with Gasteiger partial charge in [-0.1, -0.05) is 38.2 Å². The Labute approximate surface area is 182 Å². The smallest absolute Gasteiger partial charge is 0.246 e. The summed E-state index contributed by atoms with van der Waals surface area (Å²) in [6, 6.07) is 6.90. The first-order valence-corrected chi connectivity index (χ1v) is 11.1. The number of rotatable bonds is 6. The first-order chi connectivity index (χ1) is 14.9. The summed E-state index contributed by atoms with van der Waals surface area (Å²) < 4.78 is 5.69. The number of hydrogen-bond acceptors (Lipinski definition) is 5. The monoisotopic (exact) mass is 426 g/mol. The number of carbonyl (C=O) groups excluding carboxylic acids is 2. The molecule has 1 aromatic heterocycles. The van der Waals surface area contributed by atoms with Crippen LogP contribution in [0.15, 0.2) is 34.7 Å². The fourth-order valence-electron chi connectivity index (χ4n) is 4.79. The van der Waals surface area contributed by atoms with Crippen molar-refractivity contribution in [1.82, 2.24) is 10.2 Å². The number of aromatic hydroxyl groups is 2. The van der Waals surface area contributed by atoms with Crippen LogP contribution in [0.3, 0.4) is 0 Å². The third kappa shape index (κ3) is 4.86. The van der Waals surface area contributed by atoms with Gasteiger partial charge >= 0.3 is 0 Å². The Bertz CT molecular complexity index is 947. The number of carbonyl (C=O) groups is 2. The average Bonchev–Trinajstić information content (AvgIpc) is 3.16. The van der Waals surface area contributed by atoms with Gasteiger partial charge in [-0.15, -0.1) is 0 Å². The second-order valence-electron chi connectivity index (χ2n) is 8.82. The summed E-state index contributed by atoms with van der Waals surface area (Å²) in [6.07, 6.45) is 6.73. The first-order valence-electron chi connectivity index (χ1n) is 11.1. The molecule has 1 aliphatic heterocycles. The van der Waals surface area contributed by atoms with Gasteiger partial charge in [0.15, 0.2) is 11.5 Å². The number of piperazine rings is 1. The van der Waals surface area contributed by atoms with Crippen LogP contribution in [0.1, 0.15) is 55.6 Å². The summed E-state index contributed by atoms with van der Waals surface area (Å²) in [4.78, 5) is 28.2. The van der Waals surface area contributed by atoms with Crippen LogP contribution in [-0.4, -0.2) is 39.0 Å².